The Balaban J connectivity index is 3.16. The van der Waals surface area contributed by atoms with Crippen molar-refractivity contribution in [2.75, 3.05) is 14.2 Å². The van der Waals surface area contributed by atoms with E-state index in [9.17, 15) is 0 Å². The molecule has 3 heteroatoms. The predicted octanol–water partition coefficient (Wildman–Crippen LogP) is 3.01. The number of aliphatic imine (C=N–C) groups is 1. The lowest BCUT2D eigenvalue weighted by Gasteiger charge is -2.08. The second-order valence-corrected chi connectivity index (χ2v) is 3.44. The number of ether oxygens (including phenoxy) is 2. The molecule has 0 heterocycles. The lowest BCUT2D eigenvalue weighted by Crippen LogP contribution is -1.94. The number of aryl methyl sites for hydroxylation is 2. The molecule has 0 spiro atoms. The minimum atomic E-state index is 0.655. The second kappa shape index (κ2) is 4.82. The molecule has 0 bridgehead atoms. The number of methoxy groups -OCH3 is 2. The third-order valence-corrected chi connectivity index (χ3v) is 2.29. The van der Waals surface area contributed by atoms with Gasteiger partial charge in [-0.2, -0.15) is 0 Å². The Labute approximate surface area is 90.7 Å². The average Bonchev–Trinajstić information content (AvgIpc) is 2.22. The molecule has 1 aromatic rings. The van der Waals surface area contributed by atoms with Gasteiger partial charge in [-0.15, -0.1) is 0 Å². The van der Waals surface area contributed by atoms with Gasteiger partial charge in [-0.25, -0.2) is 4.99 Å². The fourth-order valence-corrected chi connectivity index (χ4v) is 1.33. The second-order valence-electron chi connectivity index (χ2n) is 3.44. The molecule has 0 N–H and O–H groups in total. The van der Waals surface area contributed by atoms with E-state index in [2.05, 4.69) is 4.99 Å². The van der Waals surface area contributed by atoms with E-state index in [4.69, 9.17) is 9.47 Å². The molecule has 0 atom stereocenters. The highest BCUT2D eigenvalue weighted by molar-refractivity contribution is 5.77. The van der Waals surface area contributed by atoms with Crippen LogP contribution in [-0.4, -0.2) is 20.1 Å². The fraction of sp³-hybridized carbons (Fsp3) is 0.417. The lowest BCUT2D eigenvalue weighted by molar-refractivity contribution is 0.400. The first kappa shape index (κ1) is 11.6. The summed E-state index contributed by atoms with van der Waals surface area (Å²) in [4.78, 5) is 4.35. The monoisotopic (exact) mass is 207 g/mol. The zero-order valence-electron chi connectivity index (χ0n) is 9.92. The third kappa shape index (κ3) is 2.72. The van der Waals surface area contributed by atoms with Crippen molar-refractivity contribution in [2.24, 2.45) is 4.99 Å². The van der Waals surface area contributed by atoms with Gasteiger partial charge >= 0.3 is 0 Å². The van der Waals surface area contributed by atoms with Crippen molar-refractivity contribution in [2.45, 2.75) is 20.8 Å². The number of rotatable bonds is 2. The maximum absolute atomic E-state index is 5.23. The molecular formula is C12H17NO2. The van der Waals surface area contributed by atoms with Gasteiger partial charge in [0.15, 0.2) is 5.90 Å². The van der Waals surface area contributed by atoms with E-state index in [-0.39, 0.29) is 0 Å². The molecule has 82 valence electrons. The highest BCUT2D eigenvalue weighted by Gasteiger charge is 2.04. The normalized spacial score (nSPS) is 11.4. The first-order valence-corrected chi connectivity index (χ1v) is 4.83. The summed E-state index contributed by atoms with van der Waals surface area (Å²) >= 11 is 0. The van der Waals surface area contributed by atoms with Gasteiger partial charge in [-0.1, -0.05) is 0 Å². The molecule has 0 aromatic heterocycles. The standard InChI is InChI=1S/C12H17NO2/c1-8-7-12(15-5)9(2)6-11(8)13-10(3)14-4/h6-7H,1-5H3. The minimum Gasteiger partial charge on any atom is -0.496 e. The van der Waals surface area contributed by atoms with Gasteiger partial charge in [0.2, 0.25) is 0 Å². The Morgan fingerprint density at radius 2 is 1.80 bits per heavy atom. The third-order valence-electron chi connectivity index (χ3n) is 2.29. The van der Waals surface area contributed by atoms with Crippen LogP contribution in [0.5, 0.6) is 5.75 Å². The SMILES string of the molecule is COC(C)=Nc1cc(C)c(OC)cc1C. The molecule has 0 aliphatic carbocycles. The molecule has 0 aliphatic rings. The summed E-state index contributed by atoms with van der Waals surface area (Å²) in [7, 11) is 3.29. The van der Waals surface area contributed by atoms with Crippen molar-refractivity contribution in [3.05, 3.63) is 23.3 Å². The van der Waals surface area contributed by atoms with Gasteiger partial charge in [0.25, 0.3) is 0 Å². The van der Waals surface area contributed by atoms with Gasteiger partial charge in [0, 0.05) is 6.92 Å². The number of hydrogen-bond acceptors (Lipinski definition) is 3. The lowest BCUT2D eigenvalue weighted by atomic mass is 10.1. The maximum atomic E-state index is 5.23. The Hall–Kier alpha value is -1.51. The van der Waals surface area contributed by atoms with Crippen molar-refractivity contribution < 1.29 is 9.47 Å². The molecule has 15 heavy (non-hydrogen) atoms. The Bertz CT molecular complexity index is 383. The molecule has 0 radical (unpaired) electrons. The number of hydrogen-bond donors (Lipinski definition) is 0. The van der Waals surface area contributed by atoms with Crippen molar-refractivity contribution in [3.8, 4) is 5.75 Å². The topological polar surface area (TPSA) is 30.8 Å². The van der Waals surface area contributed by atoms with Gasteiger partial charge < -0.3 is 9.47 Å². The van der Waals surface area contributed by atoms with E-state index >= 15 is 0 Å². The van der Waals surface area contributed by atoms with Crippen LogP contribution in [0.3, 0.4) is 0 Å². The van der Waals surface area contributed by atoms with Crippen LogP contribution in [-0.2, 0) is 4.74 Å². The molecule has 0 fully saturated rings. The van der Waals surface area contributed by atoms with Crippen LogP contribution in [0.1, 0.15) is 18.1 Å². The summed E-state index contributed by atoms with van der Waals surface area (Å²) in [5.41, 5.74) is 3.08. The van der Waals surface area contributed by atoms with Crippen molar-refractivity contribution in [1.82, 2.24) is 0 Å². The van der Waals surface area contributed by atoms with Crippen LogP contribution in [0, 0.1) is 13.8 Å². The van der Waals surface area contributed by atoms with Crippen molar-refractivity contribution in [1.29, 1.82) is 0 Å². The Morgan fingerprint density at radius 1 is 1.13 bits per heavy atom. The zero-order chi connectivity index (χ0) is 11.4. The van der Waals surface area contributed by atoms with Crippen molar-refractivity contribution in [3.63, 3.8) is 0 Å². The van der Waals surface area contributed by atoms with E-state index in [1.807, 2.05) is 32.9 Å². The van der Waals surface area contributed by atoms with E-state index in [1.165, 1.54) is 0 Å². The molecule has 1 aromatic carbocycles. The van der Waals surface area contributed by atoms with E-state index in [1.54, 1.807) is 14.2 Å². The van der Waals surface area contributed by atoms with Crippen LogP contribution >= 0.6 is 0 Å². The molecule has 0 amide bonds. The summed E-state index contributed by atoms with van der Waals surface area (Å²) < 4.78 is 10.3. The molecule has 0 unspecified atom stereocenters. The first-order chi connectivity index (χ1) is 7.08. The highest BCUT2D eigenvalue weighted by atomic mass is 16.5. The number of benzene rings is 1. The summed E-state index contributed by atoms with van der Waals surface area (Å²) in [6.45, 7) is 5.84. The quantitative estimate of drug-likeness (QED) is 0.551. The highest BCUT2D eigenvalue weighted by Crippen LogP contribution is 2.27. The largest absolute Gasteiger partial charge is 0.496 e. The van der Waals surface area contributed by atoms with Gasteiger partial charge in [0.05, 0.1) is 19.9 Å². The van der Waals surface area contributed by atoms with Crippen LogP contribution in [0.15, 0.2) is 17.1 Å². The zero-order valence-corrected chi connectivity index (χ0v) is 9.92. The summed E-state index contributed by atoms with van der Waals surface area (Å²) in [5.74, 6) is 1.55. The van der Waals surface area contributed by atoms with Crippen LogP contribution in [0.2, 0.25) is 0 Å². The molecule has 0 saturated carbocycles. The van der Waals surface area contributed by atoms with Crippen LogP contribution in [0.4, 0.5) is 5.69 Å². The smallest absolute Gasteiger partial charge is 0.184 e. The molecule has 0 saturated heterocycles. The molecular weight excluding hydrogens is 190 g/mol. The van der Waals surface area contributed by atoms with E-state index in [0.29, 0.717) is 5.90 Å². The van der Waals surface area contributed by atoms with Crippen LogP contribution < -0.4 is 4.74 Å². The van der Waals surface area contributed by atoms with Gasteiger partial charge in [0.1, 0.15) is 5.75 Å². The van der Waals surface area contributed by atoms with Crippen LogP contribution in [0.25, 0.3) is 0 Å². The summed E-state index contributed by atoms with van der Waals surface area (Å²) in [6, 6.07) is 3.98. The summed E-state index contributed by atoms with van der Waals surface area (Å²) in [6.07, 6.45) is 0. The van der Waals surface area contributed by atoms with E-state index < -0.39 is 0 Å². The Morgan fingerprint density at radius 3 is 2.33 bits per heavy atom. The Kier molecular flexibility index (Phi) is 3.72. The summed E-state index contributed by atoms with van der Waals surface area (Å²) in [5, 5.41) is 0. The first-order valence-electron chi connectivity index (χ1n) is 4.83. The fourth-order valence-electron chi connectivity index (χ4n) is 1.33. The van der Waals surface area contributed by atoms with Gasteiger partial charge in [-0.05, 0) is 37.1 Å². The maximum Gasteiger partial charge on any atom is 0.184 e. The minimum absolute atomic E-state index is 0.655. The molecule has 0 aliphatic heterocycles. The average molecular weight is 207 g/mol. The number of nitrogens with zero attached hydrogens (tertiary/aromatic N) is 1. The molecule has 1 rings (SSSR count). The molecule has 3 nitrogen and oxygen atoms in total. The van der Waals surface area contributed by atoms with Crippen molar-refractivity contribution >= 4 is 11.6 Å². The van der Waals surface area contributed by atoms with Gasteiger partial charge in [-0.3, -0.25) is 0 Å². The van der Waals surface area contributed by atoms with E-state index in [0.717, 1.165) is 22.6 Å². The predicted molar refractivity (Wildman–Crippen MR) is 62.2 cm³/mol.